The lowest BCUT2D eigenvalue weighted by Gasteiger charge is -2.02. The van der Waals surface area contributed by atoms with Crippen molar-refractivity contribution < 1.29 is 0 Å². The highest BCUT2D eigenvalue weighted by Gasteiger charge is 2.13. The second kappa shape index (κ2) is 3.24. The predicted molar refractivity (Wildman–Crippen MR) is 57.2 cm³/mol. The SMILES string of the molecule is NCc1ncc2cc3c(nc2n1)CCC3. The molecular formula is C11H12N4. The fourth-order valence-electron chi connectivity index (χ4n) is 2.06. The normalized spacial score (nSPS) is 14.5. The Balaban J connectivity index is 2.24. The van der Waals surface area contributed by atoms with Crippen molar-refractivity contribution >= 4 is 11.0 Å². The predicted octanol–water partition coefficient (Wildman–Crippen LogP) is 0.972. The second-order valence-corrected chi connectivity index (χ2v) is 3.85. The van der Waals surface area contributed by atoms with Gasteiger partial charge in [0.05, 0.1) is 6.54 Å². The van der Waals surface area contributed by atoms with E-state index in [4.69, 9.17) is 5.73 Å². The monoisotopic (exact) mass is 200 g/mol. The van der Waals surface area contributed by atoms with E-state index in [2.05, 4.69) is 21.0 Å². The van der Waals surface area contributed by atoms with Crippen LogP contribution in [0.25, 0.3) is 11.0 Å². The molecular weight excluding hydrogens is 188 g/mol. The summed E-state index contributed by atoms with van der Waals surface area (Å²) in [5, 5.41) is 1.02. The number of nitrogens with zero attached hydrogens (tertiary/aromatic N) is 3. The van der Waals surface area contributed by atoms with E-state index in [1.54, 1.807) is 0 Å². The molecule has 0 fully saturated rings. The van der Waals surface area contributed by atoms with Crippen LogP contribution >= 0.6 is 0 Å². The van der Waals surface area contributed by atoms with Gasteiger partial charge >= 0.3 is 0 Å². The summed E-state index contributed by atoms with van der Waals surface area (Å²) < 4.78 is 0. The van der Waals surface area contributed by atoms with Crippen molar-refractivity contribution in [2.45, 2.75) is 25.8 Å². The number of aromatic nitrogens is 3. The molecule has 0 unspecified atom stereocenters. The van der Waals surface area contributed by atoms with Crippen molar-refractivity contribution in [3.05, 3.63) is 29.3 Å². The summed E-state index contributed by atoms with van der Waals surface area (Å²) in [6.07, 6.45) is 5.23. The van der Waals surface area contributed by atoms with Crippen LogP contribution in [0.4, 0.5) is 0 Å². The minimum atomic E-state index is 0.370. The standard InChI is InChI=1S/C11H12N4/c12-5-10-13-6-8-4-7-2-1-3-9(7)14-11(8)15-10/h4,6H,1-3,5,12H2. The highest BCUT2D eigenvalue weighted by molar-refractivity contribution is 5.75. The number of pyridine rings is 1. The van der Waals surface area contributed by atoms with Gasteiger partial charge in [-0.15, -0.1) is 0 Å². The van der Waals surface area contributed by atoms with E-state index >= 15 is 0 Å². The molecule has 2 heterocycles. The number of hydrogen-bond acceptors (Lipinski definition) is 4. The van der Waals surface area contributed by atoms with E-state index in [1.165, 1.54) is 17.7 Å². The maximum atomic E-state index is 5.50. The summed E-state index contributed by atoms with van der Waals surface area (Å²) in [5.74, 6) is 0.660. The van der Waals surface area contributed by atoms with Gasteiger partial charge in [-0.05, 0) is 30.9 Å². The molecule has 0 atom stereocenters. The number of fused-ring (bicyclic) bond motifs is 2. The van der Waals surface area contributed by atoms with E-state index in [0.29, 0.717) is 12.4 Å². The Morgan fingerprint density at radius 3 is 3.07 bits per heavy atom. The van der Waals surface area contributed by atoms with Crippen molar-refractivity contribution in [1.82, 2.24) is 15.0 Å². The van der Waals surface area contributed by atoms with Crippen LogP contribution in [-0.2, 0) is 19.4 Å². The van der Waals surface area contributed by atoms with E-state index < -0.39 is 0 Å². The molecule has 0 saturated carbocycles. The van der Waals surface area contributed by atoms with Gasteiger partial charge in [0, 0.05) is 17.3 Å². The van der Waals surface area contributed by atoms with Crippen molar-refractivity contribution in [1.29, 1.82) is 0 Å². The molecule has 3 rings (SSSR count). The van der Waals surface area contributed by atoms with Crippen LogP contribution in [0.2, 0.25) is 0 Å². The molecule has 2 aromatic heterocycles. The molecule has 0 radical (unpaired) electrons. The quantitative estimate of drug-likeness (QED) is 0.745. The summed E-state index contributed by atoms with van der Waals surface area (Å²) in [6, 6.07) is 2.16. The first-order valence-electron chi connectivity index (χ1n) is 5.21. The third-order valence-corrected chi connectivity index (χ3v) is 2.83. The molecule has 1 aliphatic carbocycles. The average molecular weight is 200 g/mol. The summed E-state index contributed by atoms with van der Waals surface area (Å²) in [7, 11) is 0. The fraction of sp³-hybridized carbons (Fsp3) is 0.364. The zero-order valence-corrected chi connectivity index (χ0v) is 8.40. The third kappa shape index (κ3) is 1.37. The Hall–Kier alpha value is -1.55. The van der Waals surface area contributed by atoms with Gasteiger partial charge in [0.1, 0.15) is 5.82 Å². The van der Waals surface area contributed by atoms with Crippen LogP contribution in [0.1, 0.15) is 23.5 Å². The Bertz CT molecular complexity index is 521. The minimum absolute atomic E-state index is 0.370. The third-order valence-electron chi connectivity index (χ3n) is 2.83. The second-order valence-electron chi connectivity index (χ2n) is 3.85. The van der Waals surface area contributed by atoms with Crippen LogP contribution in [-0.4, -0.2) is 15.0 Å². The lowest BCUT2D eigenvalue weighted by atomic mass is 10.2. The van der Waals surface area contributed by atoms with E-state index in [-0.39, 0.29) is 0 Å². The largest absolute Gasteiger partial charge is 0.324 e. The van der Waals surface area contributed by atoms with E-state index in [1.807, 2.05) is 6.20 Å². The maximum absolute atomic E-state index is 5.50. The molecule has 4 nitrogen and oxygen atoms in total. The molecule has 76 valence electrons. The molecule has 0 aromatic carbocycles. The summed E-state index contributed by atoms with van der Waals surface area (Å²) >= 11 is 0. The van der Waals surface area contributed by atoms with Crippen LogP contribution in [0, 0.1) is 0 Å². The Kier molecular flexibility index (Phi) is 1.89. The van der Waals surface area contributed by atoms with Gasteiger partial charge in [0.25, 0.3) is 0 Å². The molecule has 2 aromatic rings. The highest BCUT2D eigenvalue weighted by atomic mass is 15.0. The summed E-state index contributed by atoms with van der Waals surface area (Å²) in [5.41, 5.74) is 8.84. The van der Waals surface area contributed by atoms with Gasteiger partial charge in [-0.3, -0.25) is 0 Å². The van der Waals surface area contributed by atoms with Gasteiger partial charge < -0.3 is 5.73 Å². The van der Waals surface area contributed by atoms with Crippen LogP contribution in [0.5, 0.6) is 0 Å². The molecule has 0 amide bonds. The van der Waals surface area contributed by atoms with Crippen molar-refractivity contribution in [2.24, 2.45) is 5.73 Å². The van der Waals surface area contributed by atoms with E-state index in [9.17, 15) is 0 Å². The van der Waals surface area contributed by atoms with Crippen molar-refractivity contribution in [3.8, 4) is 0 Å². The molecule has 4 heteroatoms. The molecule has 15 heavy (non-hydrogen) atoms. The maximum Gasteiger partial charge on any atom is 0.163 e. The van der Waals surface area contributed by atoms with Crippen LogP contribution in [0.15, 0.2) is 12.3 Å². The van der Waals surface area contributed by atoms with Crippen LogP contribution < -0.4 is 5.73 Å². The van der Waals surface area contributed by atoms with Crippen molar-refractivity contribution in [3.63, 3.8) is 0 Å². The zero-order valence-electron chi connectivity index (χ0n) is 8.40. The number of nitrogens with two attached hydrogens (primary N) is 1. The Morgan fingerprint density at radius 2 is 2.20 bits per heavy atom. The number of aryl methyl sites for hydroxylation is 2. The number of hydrogen-bond donors (Lipinski definition) is 1. The molecule has 0 spiro atoms. The first kappa shape index (κ1) is 8.73. The Morgan fingerprint density at radius 1 is 1.27 bits per heavy atom. The molecule has 0 bridgehead atoms. The smallest absolute Gasteiger partial charge is 0.163 e. The first-order chi connectivity index (χ1) is 7.36. The van der Waals surface area contributed by atoms with Crippen LogP contribution in [0.3, 0.4) is 0 Å². The molecule has 0 saturated heterocycles. The topological polar surface area (TPSA) is 64.7 Å². The minimum Gasteiger partial charge on any atom is -0.324 e. The van der Waals surface area contributed by atoms with Crippen molar-refractivity contribution in [2.75, 3.05) is 0 Å². The van der Waals surface area contributed by atoms with Gasteiger partial charge in [-0.25, -0.2) is 15.0 Å². The Labute approximate surface area is 87.6 Å². The molecule has 2 N–H and O–H groups in total. The first-order valence-corrected chi connectivity index (χ1v) is 5.21. The van der Waals surface area contributed by atoms with Gasteiger partial charge in [-0.2, -0.15) is 0 Å². The number of rotatable bonds is 1. The average Bonchev–Trinajstić information content (AvgIpc) is 2.72. The molecule has 1 aliphatic rings. The van der Waals surface area contributed by atoms with Gasteiger partial charge in [-0.1, -0.05) is 0 Å². The summed E-state index contributed by atoms with van der Waals surface area (Å²) in [4.78, 5) is 13.1. The fourth-order valence-corrected chi connectivity index (χ4v) is 2.06. The summed E-state index contributed by atoms with van der Waals surface area (Å²) in [6.45, 7) is 0.370. The zero-order chi connectivity index (χ0) is 10.3. The van der Waals surface area contributed by atoms with E-state index in [0.717, 1.165) is 23.9 Å². The highest BCUT2D eigenvalue weighted by Crippen LogP contribution is 2.23. The molecule has 0 aliphatic heterocycles. The lowest BCUT2D eigenvalue weighted by molar-refractivity contribution is 0.896. The lowest BCUT2D eigenvalue weighted by Crippen LogP contribution is -2.04. The van der Waals surface area contributed by atoms with Gasteiger partial charge in [0.15, 0.2) is 5.65 Å². The van der Waals surface area contributed by atoms with Gasteiger partial charge in [0.2, 0.25) is 0 Å².